The fourth-order valence-corrected chi connectivity index (χ4v) is 0.449. The summed E-state index contributed by atoms with van der Waals surface area (Å²) in [6, 6.07) is 0. The highest BCUT2D eigenvalue weighted by molar-refractivity contribution is 5.23. The molecule has 0 aromatic rings. The Balaban J connectivity index is 0.000000490. The Morgan fingerprint density at radius 2 is 0.875 bits per heavy atom. The molecule has 1 aliphatic rings. The molecule has 1 aliphatic carbocycles. The number of rotatable bonds is 0. The summed E-state index contributed by atoms with van der Waals surface area (Å²) in [5.41, 5.74) is 0. The lowest BCUT2D eigenvalue weighted by molar-refractivity contribution is 0.824. The van der Waals surface area contributed by atoms with Crippen LogP contribution in [-0.2, 0) is 0 Å². The van der Waals surface area contributed by atoms with E-state index in [0.29, 0.717) is 0 Å². The van der Waals surface area contributed by atoms with E-state index in [1.54, 1.807) is 0 Å². The molecular formula is C7H8O. The van der Waals surface area contributed by atoms with E-state index in [4.69, 9.17) is 0 Å². The predicted octanol–water partition coefficient (Wildman–Crippen LogP) is 1.70. The molecule has 0 heterocycles. The summed E-state index contributed by atoms with van der Waals surface area (Å²) in [4.78, 5) is 0. The second-order valence-electron chi connectivity index (χ2n) is 1.35. The largest absolute Gasteiger partial charge is 0.255 e. The average molecular weight is 108 g/mol. The molecule has 0 spiro atoms. The fourth-order valence-electron chi connectivity index (χ4n) is 0.449. The lowest BCUT2D eigenvalue weighted by Crippen LogP contribution is -1.51. The van der Waals surface area contributed by atoms with Crippen LogP contribution in [-0.4, -0.2) is 5.48 Å². The van der Waals surface area contributed by atoms with Crippen molar-refractivity contribution in [2.24, 2.45) is 0 Å². The molecule has 0 saturated heterocycles. The average Bonchev–Trinajstić information content (AvgIpc) is 1.90. The Kier molecular flexibility index (Phi) is 3.90. The van der Waals surface area contributed by atoms with Gasteiger partial charge in [0.25, 0.3) is 0 Å². The Hall–Kier alpha value is -0.820. The van der Waals surface area contributed by atoms with E-state index in [9.17, 15) is 0 Å². The van der Waals surface area contributed by atoms with Gasteiger partial charge in [-0.1, -0.05) is 36.5 Å². The van der Waals surface area contributed by atoms with Gasteiger partial charge in [-0.05, 0) is 0 Å². The Labute approximate surface area is 49.3 Å². The van der Waals surface area contributed by atoms with Gasteiger partial charge in [-0.25, -0.2) is 0 Å². The van der Waals surface area contributed by atoms with Crippen LogP contribution in [0.1, 0.15) is 0 Å². The third-order valence-electron chi connectivity index (χ3n) is 0.778. The quantitative estimate of drug-likeness (QED) is 0.489. The smallest absolute Gasteiger partial charge is 0.00506 e. The highest BCUT2D eigenvalue weighted by Crippen LogP contribution is 1.90. The van der Waals surface area contributed by atoms with Gasteiger partial charge in [-0.3, -0.25) is 5.48 Å². The Morgan fingerprint density at radius 3 is 1.38 bits per heavy atom. The standard InChI is InChI=1S/C7H7.HO/c1-2-4-6-7-5-3-1;/h1-7H;1H. The zero-order valence-corrected chi connectivity index (χ0v) is 4.49. The maximum absolute atomic E-state index is 2.00. The van der Waals surface area contributed by atoms with Crippen molar-refractivity contribution in [3.63, 3.8) is 0 Å². The van der Waals surface area contributed by atoms with E-state index in [-0.39, 0.29) is 5.48 Å². The van der Waals surface area contributed by atoms with Crippen LogP contribution in [0.4, 0.5) is 0 Å². The van der Waals surface area contributed by atoms with E-state index >= 15 is 0 Å². The SMILES string of the molecule is [CH]1C=CC=CC=C1.[OH]. The summed E-state index contributed by atoms with van der Waals surface area (Å²) in [7, 11) is 0. The minimum absolute atomic E-state index is 0. The first-order chi connectivity index (χ1) is 3.50. The summed E-state index contributed by atoms with van der Waals surface area (Å²) in [6.07, 6.45) is 14.0. The molecule has 8 heavy (non-hydrogen) atoms. The van der Waals surface area contributed by atoms with Gasteiger partial charge in [0.05, 0.1) is 0 Å². The normalized spacial score (nSPS) is 15.0. The molecule has 1 N–H and O–H groups in total. The molecule has 0 aliphatic heterocycles. The van der Waals surface area contributed by atoms with Gasteiger partial charge in [0, 0.05) is 6.42 Å². The van der Waals surface area contributed by atoms with Crippen LogP contribution in [0.15, 0.2) is 36.5 Å². The second-order valence-corrected chi connectivity index (χ2v) is 1.35. The Bertz CT molecular complexity index is 106. The van der Waals surface area contributed by atoms with Crippen LogP contribution in [0.3, 0.4) is 0 Å². The van der Waals surface area contributed by atoms with Crippen molar-refractivity contribution >= 4 is 0 Å². The lowest BCUT2D eigenvalue weighted by atomic mass is 10.4. The minimum atomic E-state index is 0. The summed E-state index contributed by atoms with van der Waals surface area (Å²) < 4.78 is 0. The van der Waals surface area contributed by atoms with Crippen LogP contribution in [0, 0.1) is 6.42 Å². The highest BCUT2D eigenvalue weighted by atomic mass is 16.0. The minimum Gasteiger partial charge on any atom is -0.255 e. The first kappa shape index (κ1) is 7.18. The maximum atomic E-state index is 2.00. The molecule has 0 amide bonds. The monoisotopic (exact) mass is 108 g/mol. The first-order valence-electron chi connectivity index (χ1n) is 2.33. The van der Waals surface area contributed by atoms with Gasteiger partial charge in [-0.15, -0.1) is 0 Å². The van der Waals surface area contributed by atoms with Crippen molar-refractivity contribution in [1.82, 2.24) is 0 Å². The molecule has 0 fully saturated rings. The lowest BCUT2D eigenvalue weighted by Gasteiger charge is -1.68. The van der Waals surface area contributed by atoms with Crippen LogP contribution in [0.5, 0.6) is 0 Å². The summed E-state index contributed by atoms with van der Waals surface area (Å²) in [5, 5.41) is 0. The van der Waals surface area contributed by atoms with Crippen molar-refractivity contribution < 1.29 is 5.48 Å². The predicted molar refractivity (Wildman–Crippen MR) is 33.7 cm³/mol. The number of allylic oxidation sites excluding steroid dienone is 6. The van der Waals surface area contributed by atoms with E-state index in [0.717, 1.165) is 0 Å². The molecule has 0 unspecified atom stereocenters. The molecule has 0 saturated carbocycles. The molecule has 42 valence electrons. The van der Waals surface area contributed by atoms with Gasteiger partial charge in [0.2, 0.25) is 0 Å². The molecule has 1 rings (SSSR count). The molecule has 0 aromatic heterocycles. The molecule has 2 radical (unpaired) electrons. The first-order valence-corrected chi connectivity index (χ1v) is 2.33. The van der Waals surface area contributed by atoms with Crippen LogP contribution < -0.4 is 0 Å². The van der Waals surface area contributed by atoms with Crippen LogP contribution in [0.2, 0.25) is 0 Å². The van der Waals surface area contributed by atoms with Gasteiger partial charge in [0.15, 0.2) is 0 Å². The molecule has 0 aromatic carbocycles. The molecule has 1 nitrogen and oxygen atoms in total. The third-order valence-corrected chi connectivity index (χ3v) is 0.778. The second kappa shape index (κ2) is 4.34. The molecule has 0 atom stereocenters. The van der Waals surface area contributed by atoms with Crippen LogP contribution in [0.25, 0.3) is 0 Å². The maximum Gasteiger partial charge on any atom is 0.00506 e. The molecular weight excluding hydrogens is 100 g/mol. The zero-order valence-electron chi connectivity index (χ0n) is 4.49. The zero-order chi connectivity index (χ0) is 4.95. The van der Waals surface area contributed by atoms with Crippen molar-refractivity contribution in [2.75, 3.05) is 0 Å². The van der Waals surface area contributed by atoms with E-state index in [1.165, 1.54) is 0 Å². The summed E-state index contributed by atoms with van der Waals surface area (Å²) in [6.45, 7) is 0. The van der Waals surface area contributed by atoms with E-state index in [2.05, 4.69) is 0 Å². The summed E-state index contributed by atoms with van der Waals surface area (Å²) in [5.74, 6) is 0. The fraction of sp³-hybridized carbons (Fsp3) is 0. The number of hydrogen-bond donors (Lipinski definition) is 1. The van der Waals surface area contributed by atoms with Crippen molar-refractivity contribution in [1.29, 1.82) is 0 Å². The molecule has 1 heteroatoms. The van der Waals surface area contributed by atoms with Crippen molar-refractivity contribution in [2.45, 2.75) is 0 Å². The molecule has 0 bridgehead atoms. The van der Waals surface area contributed by atoms with Gasteiger partial charge in [0.1, 0.15) is 0 Å². The van der Waals surface area contributed by atoms with Gasteiger partial charge < -0.3 is 0 Å². The number of hydrogen-bond acceptors (Lipinski definition) is 0. The summed E-state index contributed by atoms with van der Waals surface area (Å²) >= 11 is 0. The van der Waals surface area contributed by atoms with Crippen molar-refractivity contribution in [3.05, 3.63) is 42.9 Å². The van der Waals surface area contributed by atoms with E-state index in [1.807, 2.05) is 42.9 Å². The van der Waals surface area contributed by atoms with Crippen molar-refractivity contribution in [3.8, 4) is 0 Å². The van der Waals surface area contributed by atoms with Crippen LogP contribution >= 0.6 is 0 Å². The van der Waals surface area contributed by atoms with E-state index < -0.39 is 0 Å². The highest BCUT2D eigenvalue weighted by Gasteiger charge is 1.71. The van der Waals surface area contributed by atoms with Gasteiger partial charge >= 0.3 is 0 Å². The van der Waals surface area contributed by atoms with Gasteiger partial charge in [-0.2, -0.15) is 0 Å². The topological polar surface area (TPSA) is 30.0 Å². The third kappa shape index (κ3) is 2.37. The Morgan fingerprint density at radius 1 is 0.500 bits per heavy atom.